The first kappa shape index (κ1) is 23.6. The largest absolute Gasteiger partial charge is 0.469 e. The van der Waals surface area contributed by atoms with Gasteiger partial charge in [0.1, 0.15) is 0 Å². The fourth-order valence-corrected chi connectivity index (χ4v) is 5.87. The smallest absolute Gasteiger partial charge is 0.381 e. The number of nitrogens with two attached hydrogens (primary N) is 1. The summed E-state index contributed by atoms with van der Waals surface area (Å²) in [5, 5.41) is 0. The van der Waals surface area contributed by atoms with Crippen molar-refractivity contribution in [1.82, 2.24) is 0 Å². The standard InChI is InChI=1S/C25H34NO5P/c1-30-24(13-18-5-3-2-4-6-18)22-10-9-19-14-21(8-7-20(19)15-22)23-11-12-25(26,16-23)17-31-32(27,28)29/h2-8,14,22-24H,9-13,15-17,26H2,1H3,(H2,27,28,29)/t22-,23+,24?,25+/m1/s1. The monoisotopic (exact) mass is 459 g/mol. The molecule has 0 amide bonds. The van der Waals surface area contributed by atoms with Crippen LogP contribution in [0, 0.1) is 5.92 Å². The Balaban J connectivity index is 1.39. The Morgan fingerprint density at radius 1 is 1.16 bits per heavy atom. The lowest BCUT2D eigenvalue weighted by atomic mass is 9.78. The lowest BCUT2D eigenvalue weighted by Crippen LogP contribution is -2.41. The van der Waals surface area contributed by atoms with E-state index in [1.165, 1.54) is 22.3 Å². The van der Waals surface area contributed by atoms with Crippen molar-refractivity contribution >= 4 is 7.82 Å². The molecular weight excluding hydrogens is 425 g/mol. The van der Waals surface area contributed by atoms with Gasteiger partial charge in [0, 0.05) is 12.6 Å². The Hall–Kier alpha value is -1.53. The molecule has 2 aliphatic carbocycles. The van der Waals surface area contributed by atoms with E-state index in [2.05, 4.69) is 42.5 Å². The molecule has 2 aliphatic rings. The van der Waals surface area contributed by atoms with Gasteiger partial charge in [-0.05, 0) is 79.0 Å². The third-order valence-corrected chi connectivity index (χ3v) is 7.71. The fraction of sp³-hybridized carbons (Fsp3) is 0.520. The number of fused-ring (bicyclic) bond motifs is 1. The molecule has 174 valence electrons. The third kappa shape index (κ3) is 5.88. The fourth-order valence-electron chi connectivity index (χ4n) is 5.45. The highest BCUT2D eigenvalue weighted by Crippen LogP contribution is 2.44. The van der Waals surface area contributed by atoms with Crippen LogP contribution in [0.15, 0.2) is 48.5 Å². The van der Waals surface area contributed by atoms with E-state index in [0.717, 1.165) is 32.1 Å². The highest BCUT2D eigenvalue weighted by molar-refractivity contribution is 7.46. The lowest BCUT2D eigenvalue weighted by molar-refractivity contribution is 0.0466. The summed E-state index contributed by atoms with van der Waals surface area (Å²) in [6, 6.07) is 17.3. The van der Waals surface area contributed by atoms with Gasteiger partial charge in [0.15, 0.2) is 0 Å². The molecule has 1 saturated carbocycles. The Kier molecular flexibility index (Phi) is 7.21. The molecule has 4 atom stereocenters. The summed E-state index contributed by atoms with van der Waals surface area (Å²) in [4.78, 5) is 18.0. The van der Waals surface area contributed by atoms with E-state index in [4.69, 9.17) is 24.8 Å². The minimum atomic E-state index is -4.50. The van der Waals surface area contributed by atoms with Crippen LogP contribution in [0.3, 0.4) is 0 Å². The van der Waals surface area contributed by atoms with Crippen LogP contribution in [0.1, 0.15) is 53.9 Å². The third-order valence-electron chi connectivity index (χ3n) is 7.24. The first-order chi connectivity index (χ1) is 15.2. The lowest BCUT2D eigenvalue weighted by Gasteiger charge is -2.31. The van der Waals surface area contributed by atoms with Crippen molar-refractivity contribution in [1.29, 1.82) is 0 Å². The zero-order valence-electron chi connectivity index (χ0n) is 18.7. The van der Waals surface area contributed by atoms with Gasteiger partial charge >= 0.3 is 7.82 Å². The molecule has 0 aromatic heterocycles. The average Bonchev–Trinajstić information content (AvgIpc) is 3.18. The Bertz CT molecular complexity index is 962. The second-order valence-electron chi connectivity index (χ2n) is 9.56. The van der Waals surface area contributed by atoms with E-state index >= 15 is 0 Å². The Labute approximate surface area is 190 Å². The van der Waals surface area contributed by atoms with Gasteiger partial charge in [-0.25, -0.2) is 4.57 Å². The van der Waals surface area contributed by atoms with E-state index in [1.807, 2.05) is 13.2 Å². The van der Waals surface area contributed by atoms with Gasteiger partial charge in [0.2, 0.25) is 0 Å². The Morgan fingerprint density at radius 3 is 2.66 bits per heavy atom. The molecular formula is C25H34NO5P. The molecule has 0 bridgehead atoms. The number of phosphoric acid groups is 1. The summed E-state index contributed by atoms with van der Waals surface area (Å²) < 4.78 is 21.7. The minimum Gasteiger partial charge on any atom is -0.381 e. The molecule has 7 heteroatoms. The zero-order valence-corrected chi connectivity index (χ0v) is 19.5. The molecule has 0 heterocycles. The van der Waals surface area contributed by atoms with Crippen molar-refractivity contribution in [2.75, 3.05) is 13.7 Å². The van der Waals surface area contributed by atoms with Crippen molar-refractivity contribution in [3.05, 3.63) is 70.8 Å². The van der Waals surface area contributed by atoms with Gasteiger partial charge < -0.3 is 20.3 Å². The number of aryl methyl sites for hydroxylation is 1. The first-order valence-corrected chi connectivity index (χ1v) is 13.0. The molecule has 32 heavy (non-hydrogen) atoms. The molecule has 0 spiro atoms. The van der Waals surface area contributed by atoms with Crippen LogP contribution in [0.2, 0.25) is 0 Å². The number of methoxy groups -OCH3 is 1. The average molecular weight is 460 g/mol. The highest BCUT2D eigenvalue weighted by Gasteiger charge is 2.38. The summed E-state index contributed by atoms with van der Waals surface area (Å²) in [6.45, 7) is -0.111. The van der Waals surface area contributed by atoms with Crippen LogP contribution in [-0.4, -0.2) is 35.1 Å². The van der Waals surface area contributed by atoms with Crippen LogP contribution in [0.5, 0.6) is 0 Å². The number of hydrogen-bond donors (Lipinski definition) is 3. The molecule has 2 aromatic rings. The maximum Gasteiger partial charge on any atom is 0.469 e. The predicted molar refractivity (Wildman–Crippen MR) is 124 cm³/mol. The normalized spacial score (nSPS) is 26.6. The topological polar surface area (TPSA) is 102 Å². The highest BCUT2D eigenvalue weighted by atomic mass is 31.2. The van der Waals surface area contributed by atoms with Gasteiger partial charge in [-0.1, -0.05) is 48.5 Å². The SMILES string of the molecule is COC(Cc1ccccc1)[C@@H]1CCc2cc([C@H]3CC[C@@](N)(COP(=O)(O)O)C3)ccc2C1. The second kappa shape index (κ2) is 9.76. The zero-order chi connectivity index (χ0) is 22.8. The van der Waals surface area contributed by atoms with Crippen molar-refractivity contribution in [2.24, 2.45) is 11.7 Å². The maximum atomic E-state index is 11.0. The first-order valence-electron chi connectivity index (χ1n) is 11.4. The van der Waals surface area contributed by atoms with Gasteiger partial charge in [-0.3, -0.25) is 4.52 Å². The summed E-state index contributed by atoms with van der Waals surface area (Å²) >= 11 is 0. The number of hydrogen-bond acceptors (Lipinski definition) is 4. The van der Waals surface area contributed by atoms with Crippen LogP contribution in [0.25, 0.3) is 0 Å². The number of benzene rings is 2. The second-order valence-corrected chi connectivity index (χ2v) is 10.8. The Morgan fingerprint density at radius 2 is 1.94 bits per heavy atom. The summed E-state index contributed by atoms with van der Waals surface area (Å²) in [6.07, 6.45) is 6.63. The van der Waals surface area contributed by atoms with Crippen molar-refractivity contribution in [3.8, 4) is 0 Å². The van der Waals surface area contributed by atoms with Crippen LogP contribution < -0.4 is 5.73 Å². The van der Waals surface area contributed by atoms with Crippen molar-refractivity contribution < 1.29 is 23.6 Å². The van der Waals surface area contributed by atoms with E-state index < -0.39 is 13.4 Å². The summed E-state index contributed by atoms with van der Waals surface area (Å²) in [5.74, 6) is 0.805. The van der Waals surface area contributed by atoms with Gasteiger partial charge in [0.25, 0.3) is 0 Å². The molecule has 0 radical (unpaired) electrons. The molecule has 2 aromatic carbocycles. The molecule has 1 fully saturated rings. The minimum absolute atomic E-state index is 0.111. The van der Waals surface area contributed by atoms with Gasteiger partial charge in [-0.15, -0.1) is 0 Å². The molecule has 4 N–H and O–H groups in total. The quantitative estimate of drug-likeness (QED) is 0.513. The maximum absolute atomic E-state index is 11.0. The van der Waals surface area contributed by atoms with E-state index in [-0.39, 0.29) is 12.7 Å². The summed E-state index contributed by atoms with van der Waals surface area (Å²) in [5.41, 5.74) is 11.1. The van der Waals surface area contributed by atoms with E-state index in [9.17, 15) is 4.57 Å². The molecule has 4 rings (SSSR count). The van der Waals surface area contributed by atoms with Gasteiger partial charge in [0.05, 0.1) is 12.7 Å². The molecule has 6 nitrogen and oxygen atoms in total. The summed E-state index contributed by atoms with van der Waals surface area (Å²) in [7, 11) is -2.68. The van der Waals surface area contributed by atoms with Crippen molar-refractivity contribution in [2.45, 2.75) is 62.5 Å². The van der Waals surface area contributed by atoms with Gasteiger partial charge in [-0.2, -0.15) is 0 Å². The molecule has 0 aliphatic heterocycles. The van der Waals surface area contributed by atoms with E-state index in [0.29, 0.717) is 24.7 Å². The van der Waals surface area contributed by atoms with Crippen LogP contribution >= 0.6 is 7.82 Å². The number of ether oxygens (including phenoxy) is 1. The van der Waals surface area contributed by atoms with E-state index in [1.54, 1.807) is 0 Å². The van der Waals surface area contributed by atoms with Crippen LogP contribution in [-0.2, 0) is 33.1 Å². The number of phosphoric ester groups is 1. The van der Waals surface area contributed by atoms with Crippen LogP contribution in [0.4, 0.5) is 0 Å². The van der Waals surface area contributed by atoms with Crippen molar-refractivity contribution in [3.63, 3.8) is 0 Å². The number of rotatable bonds is 8. The molecule has 1 unspecified atom stereocenters. The predicted octanol–water partition coefficient (Wildman–Crippen LogP) is 4.12. The molecule has 0 saturated heterocycles.